The summed E-state index contributed by atoms with van der Waals surface area (Å²) in [5.74, 6) is 1.15. The van der Waals surface area contributed by atoms with Crippen LogP contribution < -0.4 is 10.6 Å². The Hall–Kier alpha value is -1.03. The summed E-state index contributed by atoms with van der Waals surface area (Å²) in [7, 11) is 0. The minimum atomic E-state index is 0.399. The molecule has 0 aliphatic carbocycles. The lowest BCUT2D eigenvalue weighted by Crippen LogP contribution is -2.47. The van der Waals surface area contributed by atoms with Crippen molar-refractivity contribution in [2.45, 2.75) is 63.7 Å². The number of fused-ring (bicyclic) bond motifs is 2. The second kappa shape index (κ2) is 4.02. The largest absolute Gasteiger partial charge is 0.349 e. The SMILES string of the molecule is CC(C)n1ccc(N2C3CCC2CC(N)C3)n1. The summed E-state index contributed by atoms with van der Waals surface area (Å²) in [6.07, 6.45) is 6.92. The second-order valence-electron chi connectivity index (χ2n) is 5.77. The Morgan fingerprint density at radius 3 is 2.47 bits per heavy atom. The third-order valence-electron chi connectivity index (χ3n) is 4.16. The van der Waals surface area contributed by atoms with Crippen molar-refractivity contribution in [2.75, 3.05) is 4.90 Å². The molecule has 0 saturated carbocycles. The summed E-state index contributed by atoms with van der Waals surface area (Å²) in [4.78, 5) is 2.52. The molecule has 2 saturated heterocycles. The van der Waals surface area contributed by atoms with Gasteiger partial charge in [-0.25, -0.2) is 0 Å². The number of rotatable bonds is 2. The van der Waals surface area contributed by atoms with Crippen molar-refractivity contribution in [3.05, 3.63) is 12.3 Å². The van der Waals surface area contributed by atoms with Crippen LogP contribution in [0, 0.1) is 0 Å². The fraction of sp³-hybridized carbons (Fsp3) is 0.769. The van der Waals surface area contributed by atoms with Crippen LogP contribution in [0.3, 0.4) is 0 Å². The molecule has 94 valence electrons. The molecule has 3 heterocycles. The number of aromatic nitrogens is 2. The molecule has 0 spiro atoms. The fourth-order valence-corrected chi connectivity index (χ4v) is 3.35. The summed E-state index contributed by atoms with van der Waals surface area (Å²) in [5, 5.41) is 4.70. The first-order valence-electron chi connectivity index (χ1n) is 6.74. The van der Waals surface area contributed by atoms with E-state index in [-0.39, 0.29) is 0 Å². The first kappa shape index (κ1) is 11.1. The fourth-order valence-electron chi connectivity index (χ4n) is 3.35. The van der Waals surface area contributed by atoms with Crippen molar-refractivity contribution < 1.29 is 0 Å². The highest BCUT2D eigenvalue weighted by molar-refractivity contribution is 5.43. The first-order chi connectivity index (χ1) is 8.15. The maximum Gasteiger partial charge on any atom is 0.151 e. The van der Waals surface area contributed by atoms with Gasteiger partial charge < -0.3 is 10.6 Å². The molecule has 0 amide bonds. The van der Waals surface area contributed by atoms with Crippen LogP contribution in [0.25, 0.3) is 0 Å². The first-order valence-corrected chi connectivity index (χ1v) is 6.74. The molecule has 3 rings (SSSR count). The zero-order chi connectivity index (χ0) is 12.0. The van der Waals surface area contributed by atoms with E-state index in [4.69, 9.17) is 10.8 Å². The van der Waals surface area contributed by atoms with Gasteiger partial charge >= 0.3 is 0 Å². The van der Waals surface area contributed by atoms with Crippen LogP contribution in [-0.2, 0) is 0 Å². The minimum absolute atomic E-state index is 0.399. The highest BCUT2D eigenvalue weighted by Crippen LogP contribution is 2.38. The normalized spacial score (nSPS) is 32.5. The molecule has 2 N–H and O–H groups in total. The highest BCUT2D eigenvalue weighted by atomic mass is 15.4. The maximum absolute atomic E-state index is 6.10. The predicted octanol–water partition coefficient (Wildman–Crippen LogP) is 1.92. The average molecular weight is 234 g/mol. The van der Waals surface area contributed by atoms with Gasteiger partial charge in [-0.2, -0.15) is 5.10 Å². The molecule has 2 bridgehead atoms. The van der Waals surface area contributed by atoms with Gasteiger partial charge in [0.15, 0.2) is 5.82 Å². The second-order valence-corrected chi connectivity index (χ2v) is 5.77. The lowest BCUT2D eigenvalue weighted by molar-refractivity contribution is 0.409. The molecule has 4 heteroatoms. The summed E-state index contributed by atoms with van der Waals surface area (Å²) in [6.45, 7) is 4.33. The monoisotopic (exact) mass is 234 g/mol. The predicted molar refractivity (Wildman–Crippen MR) is 69.1 cm³/mol. The minimum Gasteiger partial charge on any atom is -0.349 e. The number of anilines is 1. The third kappa shape index (κ3) is 1.84. The van der Waals surface area contributed by atoms with Crippen LogP contribution in [0.15, 0.2) is 12.3 Å². The van der Waals surface area contributed by atoms with Gasteiger partial charge in [0.1, 0.15) is 0 Å². The van der Waals surface area contributed by atoms with E-state index >= 15 is 0 Å². The number of piperidine rings is 1. The summed E-state index contributed by atoms with van der Waals surface area (Å²) in [6, 6.07) is 4.24. The van der Waals surface area contributed by atoms with Crippen molar-refractivity contribution in [1.82, 2.24) is 9.78 Å². The smallest absolute Gasteiger partial charge is 0.151 e. The molecule has 1 aromatic rings. The zero-order valence-electron chi connectivity index (χ0n) is 10.7. The summed E-state index contributed by atoms with van der Waals surface area (Å²) in [5.41, 5.74) is 6.10. The Bertz CT molecular complexity index is 384. The lowest BCUT2D eigenvalue weighted by atomic mass is 9.98. The van der Waals surface area contributed by atoms with Gasteiger partial charge in [-0.3, -0.25) is 4.68 Å². The van der Waals surface area contributed by atoms with Crippen LogP contribution in [0.5, 0.6) is 0 Å². The standard InChI is InChI=1S/C13H22N4/c1-9(2)16-6-5-13(15-16)17-11-3-4-12(17)8-10(14)7-11/h5-6,9-12H,3-4,7-8,14H2,1-2H3. The van der Waals surface area contributed by atoms with E-state index < -0.39 is 0 Å². The van der Waals surface area contributed by atoms with E-state index in [9.17, 15) is 0 Å². The summed E-state index contributed by atoms with van der Waals surface area (Å²) >= 11 is 0. The molecule has 2 aliphatic rings. The topological polar surface area (TPSA) is 47.1 Å². The van der Waals surface area contributed by atoms with Gasteiger partial charge in [0.2, 0.25) is 0 Å². The molecule has 4 nitrogen and oxygen atoms in total. The molecule has 2 fully saturated rings. The Balaban J connectivity index is 1.84. The van der Waals surface area contributed by atoms with Crippen LogP contribution in [0.1, 0.15) is 45.6 Å². The Morgan fingerprint density at radius 2 is 1.94 bits per heavy atom. The van der Waals surface area contributed by atoms with Crippen molar-refractivity contribution >= 4 is 5.82 Å². The van der Waals surface area contributed by atoms with Gasteiger partial charge in [-0.15, -0.1) is 0 Å². The van der Waals surface area contributed by atoms with Gasteiger partial charge in [0.25, 0.3) is 0 Å². The molecule has 17 heavy (non-hydrogen) atoms. The van der Waals surface area contributed by atoms with Crippen LogP contribution in [0.2, 0.25) is 0 Å². The van der Waals surface area contributed by atoms with Crippen molar-refractivity contribution in [1.29, 1.82) is 0 Å². The van der Waals surface area contributed by atoms with Gasteiger partial charge in [0.05, 0.1) is 0 Å². The van der Waals surface area contributed by atoms with Crippen molar-refractivity contribution in [3.63, 3.8) is 0 Å². The van der Waals surface area contributed by atoms with E-state index in [2.05, 4.69) is 31.0 Å². The molecule has 0 radical (unpaired) electrons. The lowest BCUT2D eigenvalue weighted by Gasteiger charge is -2.37. The van der Waals surface area contributed by atoms with Crippen molar-refractivity contribution in [3.8, 4) is 0 Å². The Morgan fingerprint density at radius 1 is 1.29 bits per heavy atom. The Labute approximate surface area is 103 Å². The molecule has 1 aromatic heterocycles. The van der Waals surface area contributed by atoms with Gasteiger partial charge in [-0.1, -0.05) is 0 Å². The molecule has 2 aliphatic heterocycles. The molecule has 0 aromatic carbocycles. The number of hydrogen-bond donors (Lipinski definition) is 1. The number of hydrogen-bond acceptors (Lipinski definition) is 3. The molecular formula is C13H22N4. The molecular weight excluding hydrogens is 212 g/mol. The quantitative estimate of drug-likeness (QED) is 0.850. The number of nitrogens with two attached hydrogens (primary N) is 1. The van der Waals surface area contributed by atoms with E-state index in [1.54, 1.807) is 0 Å². The van der Waals surface area contributed by atoms with E-state index in [1.807, 2.05) is 4.68 Å². The van der Waals surface area contributed by atoms with E-state index in [0.29, 0.717) is 24.2 Å². The highest BCUT2D eigenvalue weighted by Gasteiger charge is 2.40. The average Bonchev–Trinajstić information content (AvgIpc) is 2.82. The molecule has 2 unspecified atom stereocenters. The van der Waals surface area contributed by atoms with E-state index in [1.165, 1.54) is 12.8 Å². The Kier molecular flexibility index (Phi) is 2.62. The molecule has 2 atom stereocenters. The van der Waals surface area contributed by atoms with E-state index in [0.717, 1.165) is 18.7 Å². The van der Waals surface area contributed by atoms with Crippen LogP contribution in [0.4, 0.5) is 5.82 Å². The van der Waals surface area contributed by atoms with Gasteiger partial charge in [-0.05, 0) is 39.5 Å². The zero-order valence-corrected chi connectivity index (χ0v) is 10.7. The maximum atomic E-state index is 6.10. The van der Waals surface area contributed by atoms with Crippen LogP contribution in [-0.4, -0.2) is 27.9 Å². The third-order valence-corrected chi connectivity index (χ3v) is 4.16. The summed E-state index contributed by atoms with van der Waals surface area (Å²) < 4.78 is 2.04. The van der Waals surface area contributed by atoms with Crippen molar-refractivity contribution in [2.24, 2.45) is 5.73 Å². The number of nitrogens with zero attached hydrogens (tertiary/aromatic N) is 3. The van der Waals surface area contributed by atoms with Gasteiger partial charge in [0, 0.05) is 36.4 Å². The van der Waals surface area contributed by atoms with Crippen LogP contribution >= 0.6 is 0 Å².